The number of hydrogen-bond donors (Lipinski definition) is 3. The number of aryl methyl sites for hydroxylation is 2. The van der Waals surface area contributed by atoms with Gasteiger partial charge in [-0.25, -0.2) is 0 Å². The van der Waals surface area contributed by atoms with Gasteiger partial charge in [0.2, 0.25) is 5.91 Å². The van der Waals surface area contributed by atoms with Crippen LogP contribution in [0.2, 0.25) is 0 Å². The number of benzene rings is 1. The summed E-state index contributed by atoms with van der Waals surface area (Å²) in [5.74, 6) is -0.107. The summed E-state index contributed by atoms with van der Waals surface area (Å²) in [4.78, 5) is 15.4. The normalized spacial score (nSPS) is 13.4. The highest BCUT2D eigenvalue weighted by molar-refractivity contribution is 5.85. The molecule has 0 fully saturated rings. The summed E-state index contributed by atoms with van der Waals surface area (Å²) in [5.41, 5.74) is 10.4. The molecule has 1 aromatic heterocycles. The van der Waals surface area contributed by atoms with E-state index in [1.165, 1.54) is 16.6 Å². The van der Waals surface area contributed by atoms with Crippen molar-refractivity contribution in [2.24, 2.45) is 11.1 Å². The quantitative estimate of drug-likeness (QED) is 0.812. The third-order valence-corrected chi connectivity index (χ3v) is 4.05. The molecular weight excluding hydrogens is 262 g/mol. The Morgan fingerprint density at radius 2 is 2.00 bits per heavy atom. The standard InChI is InChI=1S/C17H25N3O/c1-10-11(2)20-14-7-6-12(8-13(10)14)9-19-16(21)15(18)17(3,4)5/h6-8,15,20H,9,18H2,1-5H3,(H,19,21)/t15-/m1/s1. The van der Waals surface area contributed by atoms with Crippen molar-refractivity contribution in [3.8, 4) is 0 Å². The Bertz CT molecular complexity index is 664. The van der Waals surface area contributed by atoms with Gasteiger partial charge in [0.05, 0.1) is 6.04 Å². The monoisotopic (exact) mass is 287 g/mol. The first kappa shape index (κ1) is 15.6. The molecule has 4 heteroatoms. The molecule has 2 aromatic rings. The van der Waals surface area contributed by atoms with E-state index < -0.39 is 6.04 Å². The van der Waals surface area contributed by atoms with Gasteiger partial charge in [0.15, 0.2) is 0 Å². The fraction of sp³-hybridized carbons (Fsp3) is 0.471. The zero-order valence-corrected chi connectivity index (χ0v) is 13.5. The largest absolute Gasteiger partial charge is 0.358 e. The number of carbonyl (C=O) groups excluding carboxylic acids is 1. The molecule has 21 heavy (non-hydrogen) atoms. The molecule has 2 rings (SSSR count). The van der Waals surface area contributed by atoms with Crippen molar-refractivity contribution < 1.29 is 4.79 Å². The predicted octanol–water partition coefficient (Wildman–Crippen LogP) is 2.77. The second kappa shape index (κ2) is 5.53. The van der Waals surface area contributed by atoms with Crippen LogP contribution in [-0.4, -0.2) is 16.9 Å². The second-order valence-corrected chi connectivity index (χ2v) is 6.82. The zero-order chi connectivity index (χ0) is 15.8. The van der Waals surface area contributed by atoms with Crippen LogP contribution < -0.4 is 11.1 Å². The maximum Gasteiger partial charge on any atom is 0.237 e. The fourth-order valence-corrected chi connectivity index (χ4v) is 2.31. The van der Waals surface area contributed by atoms with Crippen molar-refractivity contribution >= 4 is 16.8 Å². The van der Waals surface area contributed by atoms with Crippen molar-refractivity contribution in [2.45, 2.75) is 47.2 Å². The number of hydrogen-bond acceptors (Lipinski definition) is 2. The number of aromatic nitrogens is 1. The van der Waals surface area contributed by atoms with E-state index in [-0.39, 0.29) is 11.3 Å². The van der Waals surface area contributed by atoms with Crippen LogP contribution in [0.4, 0.5) is 0 Å². The van der Waals surface area contributed by atoms with E-state index in [2.05, 4.69) is 36.3 Å². The van der Waals surface area contributed by atoms with Crippen molar-refractivity contribution in [1.29, 1.82) is 0 Å². The van der Waals surface area contributed by atoms with Crippen LogP contribution in [0.15, 0.2) is 18.2 Å². The third-order valence-electron chi connectivity index (χ3n) is 4.05. The van der Waals surface area contributed by atoms with Gasteiger partial charge < -0.3 is 16.0 Å². The van der Waals surface area contributed by atoms with Gasteiger partial charge in [-0.2, -0.15) is 0 Å². The maximum absolute atomic E-state index is 12.1. The van der Waals surface area contributed by atoms with Gasteiger partial charge >= 0.3 is 0 Å². The molecule has 0 radical (unpaired) electrons. The van der Waals surface area contributed by atoms with Crippen molar-refractivity contribution in [3.05, 3.63) is 35.0 Å². The van der Waals surface area contributed by atoms with Crippen molar-refractivity contribution in [1.82, 2.24) is 10.3 Å². The van der Waals surface area contributed by atoms with Crippen LogP contribution >= 0.6 is 0 Å². The minimum Gasteiger partial charge on any atom is -0.358 e. The first-order chi connectivity index (χ1) is 9.70. The molecule has 1 atom stereocenters. The first-order valence-electron chi connectivity index (χ1n) is 7.31. The Morgan fingerprint density at radius 1 is 1.33 bits per heavy atom. The Morgan fingerprint density at radius 3 is 2.62 bits per heavy atom. The highest BCUT2D eigenvalue weighted by Crippen LogP contribution is 2.22. The zero-order valence-electron chi connectivity index (χ0n) is 13.5. The van der Waals surface area contributed by atoms with E-state index in [0.717, 1.165) is 11.1 Å². The molecule has 114 valence electrons. The summed E-state index contributed by atoms with van der Waals surface area (Å²) >= 11 is 0. The Hall–Kier alpha value is -1.81. The molecular formula is C17H25N3O. The lowest BCUT2D eigenvalue weighted by Gasteiger charge is -2.25. The maximum atomic E-state index is 12.1. The highest BCUT2D eigenvalue weighted by Gasteiger charge is 2.27. The lowest BCUT2D eigenvalue weighted by molar-refractivity contribution is -0.124. The van der Waals surface area contributed by atoms with Gasteiger partial charge in [-0.15, -0.1) is 0 Å². The van der Waals surface area contributed by atoms with Gasteiger partial charge in [0, 0.05) is 23.1 Å². The molecule has 0 aliphatic rings. The van der Waals surface area contributed by atoms with Crippen LogP contribution in [0.25, 0.3) is 10.9 Å². The summed E-state index contributed by atoms with van der Waals surface area (Å²) in [7, 11) is 0. The van der Waals surface area contributed by atoms with E-state index in [0.29, 0.717) is 6.54 Å². The van der Waals surface area contributed by atoms with Crippen LogP contribution in [0.3, 0.4) is 0 Å². The van der Waals surface area contributed by atoms with E-state index in [1.54, 1.807) is 0 Å². The fourth-order valence-electron chi connectivity index (χ4n) is 2.31. The second-order valence-electron chi connectivity index (χ2n) is 6.82. The smallest absolute Gasteiger partial charge is 0.237 e. The number of H-pyrrole nitrogens is 1. The summed E-state index contributed by atoms with van der Waals surface area (Å²) < 4.78 is 0. The SMILES string of the molecule is Cc1[nH]c2ccc(CNC(=O)[C@@H](N)C(C)(C)C)cc2c1C. The minimum absolute atomic E-state index is 0.107. The summed E-state index contributed by atoms with van der Waals surface area (Å²) in [5, 5.41) is 4.13. The van der Waals surface area contributed by atoms with Crippen LogP contribution in [0.5, 0.6) is 0 Å². The number of amides is 1. The number of fused-ring (bicyclic) bond motifs is 1. The molecule has 0 saturated heterocycles. The third kappa shape index (κ3) is 3.27. The highest BCUT2D eigenvalue weighted by atomic mass is 16.2. The lowest BCUT2D eigenvalue weighted by atomic mass is 9.87. The molecule has 0 aliphatic carbocycles. The van der Waals surface area contributed by atoms with E-state index in [1.807, 2.05) is 26.8 Å². The van der Waals surface area contributed by atoms with Crippen molar-refractivity contribution in [2.75, 3.05) is 0 Å². The topological polar surface area (TPSA) is 70.9 Å². The Kier molecular flexibility index (Phi) is 4.10. The molecule has 0 bridgehead atoms. The number of rotatable bonds is 3. The van der Waals surface area contributed by atoms with Crippen LogP contribution in [0.1, 0.15) is 37.6 Å². The Labute approximate surface area is 126 Å². The average Bonchev–Trinajstić information content (AvgIpc) is 2.69. The molecule has 1 heterocycles. The summed E-state index contributed by atoms with van der Waals surface area (Å²) in [6, 6.07) is 5.70. The van der Waals surface area contributed by atoms with Crippen molar-refractivity contribution in [3.63, 3.8) is 0 Å². The number of aromatic amines is 1. The molecule has 0 unspecified atom stereocenters. The molecule has 1 aromatic carbocycles. The molecule has 4 N–H and O–H groups in total. The van der Waals surface area contributed by atoms with E-state index in [9.17, 15) is 4.79 Å². The van der Waals surface area contributed by atoms with Crippen LogP contribution in [-0.2, 0) is 11.3 Å². The van der Waals surface area contributed by atoms with Gasteiger partial charge in [-0.3, -0.25) is 4.79 Å². The van der Waals surface area contributed by atoms with Gasteiger partial charge in [0.25, 0.3) is 0 Å². The average molecular weight is 287 g/mol. The molecule has 0 saturated carbocycles. The molecule has 4 nitrogen and oxygen atoms in total. The summed E-state index contributed by atoms with van der Waals surface area (Å²) in [6.07, 6.45) is 0. The van der Waals surface area contributed by atoms with Gasteiger partial charge in [0.1, 0.15) is 0 Å². The molecule has 0 spiro atoms. The van der Waals surface area contributed by atoms with Gasteiger partial charge in [-0.1, -0.05) is 26.8 Å². The number of nitrogens with one attached hydrogen (secondary N) is 2. The predicted molar refractivity (Wildman–Crippen MR) is 87.0 cm³/mol. The molecule has 1 amide bonds. The minimum atomic E-state index is -0.502. The van der Waals surface area contributed by atoms with Gasteiger partial charge in [-0.05, 0) is 42.5 Å². The van der Waals surface area contributed by atoms with E-state index >= 15 is 0 Å². The lowest BCUT2D eigenvalue weighted by Crippen LogP contribution is -2.48. The Balaban J connectivity index is 2.10. The summed E-state index contributed by atoms with van der Waals surface area (Å²) in [6.45, 7) is 10.6. The molecule has 0 aliphatic heterocycles. The first-order valence-corrected chi connectivity index (χ1v) is 7.31. The van der Waals surface area contributed by atoms with Crippen LogP contribution in [0, 0.1) is 19.3 Å². The van der Waals surface area contributed by atoms with E-state index in [4.69, 9.17) is 5.73 Å². The number of carbonyl (C=O) groups is 1. The number of nitrogens with two attached hydrogens (primary N) is 1.